The zero-order valence-electron chi connectivity index (χ0n) is 18.2. The van der Waals surface area contributed by atoms with Crippen LogP contribution in [0.25, 0.3) is 0 Å². The molecule has 0 radical (unpaired) electrons. The van der Waals surface area contributed by atoms with Crippen molar-refractivity contribution in [3.05, 3.63) is 48.0 Å². The van der Waals surface area contributed by atoms with E-state index in [-0.39, 0.29) is 18.4 Å². The predicted octanol–water partition coefficient (Wildman–Crippen LogP) is 2.64. The summed E-state index contributed by atoms with van der Waals surface area (Å²) in [5.74, 6) is 0.258. The summed E-state index contributed by atoms with van der Waals surface area (Å²) in [6.07, 6.45) is 0. The number of hydrogen-bond donors (Lipinski definition) is 1. The van der Waals surface area contributed by atoms with Crippen LogP contribution >= 0.6 is 0 Å². The van der Waals surface area contributed by atoms with Crippen molar-refractivity contribution in [3.63, 3.8) is 0 Å². The average Bonchev–Trinajstić information content (AvgIpc) is 2.82. The summed E-state index contributed by atoms with van der Waals surface area (Å²) in [5.41, 5.74) is 2.13. The molecule has 1 N–H and O–H groups in total. The lowest BCUT2D eigenvalue weighted by Crippen LogP contribution is -2.38. The molecule has 2 amide bonds. The third kappa shape index (κ3) is 5.46. The lowest BCUT2D eigenvalue weighted by atomic mass is 10.1. The molecule has 0 unspecified atom stereocenters. The fourth-order valence-corrected chi connectivity index (χ4v) is 3.50. The maximum absolute atomic E-state index is 13.0. The maximum atomic E-state index is 13.0. The van der Waals surface area contributed by atoms with Gasteiger partial charge in [0.05, 0.1) is 33.0 Å². The highest BCUT2D eigenvalue weighted by Crippen LogP contribution is 2.31. The summed E-state index contributed by atoms with van der Waals surface area (Å²) in [5, 5.41) is 2.86. The Morgan fingerprint density at radius 1 is 1.06 bits per heavy atom. The molecule has 2 aromatic carbocycles. The van der Waals surface area contributed by atoms with Gasteiger partial charge in [-0.2, -0.15) is 0 Å². The number of amides is 2. The van der Waals surface area contributed by atoms with Gasteiger partial charge in [-0.15, -0.1) is 0 Å². The number of benzene rings is 2. The molecule has 31 heavy (non-hydrogen) atoms. The molecule has 0 spiro atoms. The topological polar surface area (TPSA) is 80.3 Å². The first-order valence-corrected chi connectivity index (χ1v) is 10.3. The van der Waals surface area contributed by atoms with Crippen LogP contribution in [0.2, 0.25) is 0 Å². The number of anilines is 2. The second-order valence-electron chi connectivity index (χ2n) is 7.05. The molecule has 0 aromatic heterocycles. The van der Waals surface area contributed by atoms with Crippen LogP contribution in [0.5, 0.6) is 11.5 Å². The molecule has 8 nitrogen and oxygen atoms in total. The Kier molecular flexibility index (Phi) is 7.72. The van der Waals surface area contributed by atoms with E-state index < -0.39 is 0 Å². The normalized spacial score (nSPS) is 13.5. The molecule has 0 aliphatic carbocycles. The van der Waals surface area contributed by atoms with E-state index in [0.29, 0.717) is 29.3 Å². The highest BCUT2D eigenvalue weighted by molar-refractivity contribution is 6.01. The van der Waals surface area contributed by atoms with Crippen LogP contribution in [-0.2, 0) is 9.53 Å². The van der Waals surface area contributed by atoms with Crippen molar-refractivity contribution in [1.29, 1.82) is 0 Å². The fourth-order valence-electron chi connectivity index (χ4n) is 3.50. The van der Waals surface area contributed by atoms with Crippen LogP contribution < -0.4 is 19.7 Å². The molecular formula is C23H29N3O5. The number of nitrogens with one attached hydrogen (secondary N) is 1. The van der Waals surface area contributed by atoms with Crippen molar-refractivity contribution in [2.75, 3.05) is 63.8 Å². The van der Waals surface area contributed by atoms with Gasteiger partial charge in [0.15, 0.2) is 11.5 Å². The second-order valence-corrected chi connectivity index (χ2v) is 7.05. The number of nitrogens with zero attached hydrogens (tertiary/aromatic N) is 2. The Hall–Kier alpha value is -3.26. The summed E-state index contributed by atoms with van der Waals surface area (Å²) < 4.78 is 16.0. The van der Waals surface area contributed by atoms with Crippen LogP contribution in [0.4, 0.5) is 11.4 Å². The van der Waals surface area contributed by atoms with Crippen molar-refractivity contribution in [3.8, 4) is 11.5 Å². The Balaban J connectivity index is 1.64. The molecule has 2 aromatic rings. The first-order chi connectivity index (χ1) is 15.1. The molecule has 1 heterocycles. The van der Waals surface area contributed by atoms with Gasteiger partial charge in [-0.05, 0) is 43.3 Å². The smallest absolute Gasteiger partial charge is 0.258 e. The van der Waals surface area contributed by atoms with Crippen LogP contribution in [0.15, 0.2) is 42.5 Å². The van der Waals surface area contributed by atoms with Crippen molar-refractivity contribution in [2.24, 2.45) is 0 Å². The van der Waals surface area contributed by atoms with E-state index in [4.69, 9.17) is 14.2 Å². The van der Waals surface area contributed by atoms with Gasteiger partial charge in [0.2, 0.25) is 5.91 Å². The fraction of sp³-hybridized carbons (Fsp3) is 0.391. The van der Waals surface area contributed by atoms with Crippen LogP contribution in [0.3, 0.4) is 0 Å². The summed E-state index contributed by atoms with van der Waals surface area (Å²) >= 11 is 0. The molecule has 3 rings (SSSR count). The van der Waals surface area contributed by atoms with Crippen LogP contribution in [-0.4, -0.2) is 70.3 Å². The minimum absolute atomic E-state index is 0.0685. The van der Waals surface area contributed by atoms with E-state index in [0.717, 1.165) is 32.0 Å². The summed E-state index contributed by atoms with van der Waals surface area (Å²) in [7, 11) is 3.00. The van der Waals surface area contributed by atoms with Crippen LogP contribution in [0.1, 0.15) is 17.3 Å². The molecule has 8 heteroatoms. The van der Waals surface area contributed by atoms with E-state index >= 15 is 0 Å². The van der Waals surface area contributed by atoms with Crippen LogP contribution in [0, 0.1) is 0 Å². The first-order valence-electron chi connectivity index (χ1n) is 10.3. The number of morpholine rings is 1. The molecule has 1 fully saturated rings. The summed E-state index contributed by atoms with van der Waals surface area (Å²) in [4.78, 5) is 29.3. The SMILES string of the molecule is CCN(CC(=O)Nc1ccc(N2CCOCC2)cc1)C(=O)c1cccc(OC)c1OC. The monoisotopic (exact) mass is 427 g/mol. The van der Waals surface area contributed by atoms with Gasteiger partial charge in [0.25, 0.3) is 5.91 Å². The number of rotatable bonds is 8. The van der Waals surface area contributed by atoms with Gasteiger partial charge in [-0.1, -0.05) is 6.07 Å². The first kappa shape index (κ1) is 22.4. The van der Waals surface area contributed by atoms with Crippen molar-refractivity contribution < 1.29 is 23.8 Å². The van der Waals surface area contributed by atoms with Crippen molar-refractivity contribution in [2.45, 2.75) is 6.92 Å². The average molecular weight is 428 g/mol. The second kappa shape index (κ2) is 10.7. The molecule has 166 valence electrons. The number of para-hydroxylation sites is 1. The summed E-state index contributed by atoms with van der Waals surface area (Å²) in [6.45, 7) is 5.29. The van der Waals surface area contributed by atoms with E-state index in [2.05, 4.69) is 10.2 Å². The number of likely N-dealkylation sites (N-methyl/N-ethyl adjacent to an activating group) is 1. The van der Waals surface area contributed by atoms with E-state index in [1.165, 1.54) is 19.1 Å². The number of carbonyl (C=O) groups is 2. The Morgan fingerprint density at radius 2 is 1.77 bits per heavy atom. The standard InChI is InChI=1S/C23H29N3O5/c1-4-25(23(28)19-6-5-7-20(29-2)22(19)30-3)16-21(27)24-17-8-10-18(11-9-17)26-12-14-31-15-13-26/h5-11H,4,12-16H2,1-3H3,(H,24,27). The van der Waals surface area contributed by atoms with E-state index in [1.807, 2.05) is 31.2 Å². The molecule has 0 bridgehead atoms. The van der Waals surface area contributed by atoms with Gasteiger partial charge in [0, 0.05) is 31.0 Å². The molecule has 0 atom stereocenters. The van der Waals surface area contributed by atoms with Crippen molar-refractivity contribution >= 4 is 23.2 Å². The molecular weight excluding hydrogens is 398 g/mol. The van der Waals surface area contributed by atoms with Gasteiger partial charge >= 0.3 is 0 Å². The quantitative estimate of drug-likeness (QED) is 0.698. The zero-order valence-corrected chi connectivity index (χ0v) is 18.2. The summed E-state index contributed by atoms with van der Waals surface area (Å²) in [6, 6.07) is 12.8. The third-order valence-electron chi connectivity index (χ3n) is 5.16. The number of methoxy groups -OCH3 is 2. The molecule has 1 saturated heterocycles. The van der Waals surface area contributed by atoms with Gasteiger partial charge in [-0.25, -0.2) is 0 Å². The Morgan fingerprint density at radius 3 is 2.39 bits per heavy atom. The lowest BCUT2D eigenvalue weighted by Gasteiger charge is -2.29. The minimum Gasteiger partial charge on any atom is -0.493 e. The zero-order chi connectivity index (χ0) is 22.2. The predicted molar refractivity (Wildman–Crippen MR) is 119 cm³/mol. The number of carbonyl (C=O) groups excluding carboxylic acids is 2. The molecule has 0 saturated carbocycles. The van der Waals surface area contributed by atoms with Gasteiger partial charge in [-0.3, -0.25) is 9.59 Å². The largest absolute Gasteiger partial charge is 0.493 e. The highest BCUT2D eigenvalue weighted by Gasteiger charge is 2.23. The third-order valence-corrected chi connectivity index (χ3v) is 5.16. The minimum atomic E-state index is -0.295. The van der Waals surface area contributed by atoms with Crippen molar-refractivity contribution in [1.82, 2.24) is 4.90 Å². The molecule has 1 aliphatic heterocycles. The lowest BCUT2D eigenvalue weighted by molar-refractivity contribution is -0.116. The highest BCUT2D eigenvalue weighted by atomic mass is 16.5. The van der Waals surface area contributed by atoms with Gasteiger partial charge < -0.3 is 29.3 Å². The number of ether oxygens (including phenoxy) is 3. The molecule has 1 aliphatic rings. The van der Waals surface area contributed by atoms with Gasteiger partial charge in [0.1, 0.15) is 6.54 Å². The Labute approximate surface area is 182 Å². The van der Waals surface area contributed by atoms with E-state index in [1.54, 1.807) is 18.2 Å². The number of hydrogen-bond acceptors (Lipinski definition) is 6. The van der Waals surface area contributed by atoms with E-state index in [9.17, 15) is 9.59 Å². The Bertz CT molecular complexity index is 895. The maximum Gasteiger partial charge on any atom is 0.258 e.